The van der Waals surface area contributed by atoms with Gasteiger partial charge in [0.25, 0.3) is 0 Å². The van der Waals surface area contributed by atoms with E-state index in [0.29, 0.717) is 5.88 Å². The standard InChI is InChI=1S/C11H17N3O.3ClH/c1-15-11-3-2-10(8-13-11)9-14-6-4-12-5-7-14;;;/h2-3,8,12H,4-7,9H2,1H3;3*1H. The summed E-state index contributed by atoms with van der Waals surface area (Å²) in [6.45, 7) is 5.39. The monoisotopic (exact) mass is 315 g/mol. The molecular weight excluding hydrogens is 296 g/mol. The van der Waals surface area contributed by atoms with Crippen molar-refractivity contribution in [2.75, 3.05) is 33.3 Å². The van der Waals surface area contributed by atoms with Gasteiger partial charge in [-0.15, -0.1) is 37.2 Å². The van der Waals surface area contributed by atoms with Crippen molar-refractivity contribution in [3.05, 3.63) is 23.9 Å². The predicted octanol–water partition coefficient (Wildman–Crippen LogP) is 1.76. The zero-order valence-electron chi connectivity index (χ0n) is 10.3. The van der Waals surface area contributed by atoms with E-state index in [-0.39, 0.29) is 37.2 Å². The van der Waals surface area contributed by atoms with Gasteiger partial charge in [-0.2, -0.15) is 0 Å². The van der Waals surface area contributed by atoms with Crippen molar-refractivity contribution in [3.8, 4) is 5.88 Å². The maximum atomic E-state index is 5.02. The van der Waals surface area contributed by atoms with E-state index < -0.39 is 0 Å². The number of rotatable bonds is 3. The van der Waals surface area contributed by atoms with Crippen molar-refractivity contribution in [2.45, 2.75) is 6.54 Å². The Balaban J connectivity index is 0. The van der Waals surface area contributed by atoms with Crippen LogP contribution in [-0.2, 0) is 6.54 Å². The molecule has 2 heterocycles. The van der Waals surface area contributed by atoms with Crippen molar-refractivity contribution in [1.29, 1.82) is 0 Å². The van der Waals surface area contributed by atoms with Crippen LogP contribution in [0.15, 0.2) is 18.3 Å². The first-order chi connectivity index (χ1) is 7.38. The SMILES string of the molecule is COc1ccc(CN2CCNCC2)cn1.Cl.Cl.Cl. The fourth-order valence-corrected chi connectivity index (χ4v) is 1.75. The van der Waals surface area contributed by atoms with E-state index in [2.05, 4.69) is 21.3 Å². The Kier molecular flexibility index (Phi) is 11.9. The molecule has 0 saturated carbocycles. The first-order valence-electron chi connectivity index (χ1n) is 5.30. The highest BCUT2D eigenvalue weighted by Gasteiger charge is 2.09. The third-order valence-corrected chi connectivity index (χ3v) is 2.62. The molecule has 1 saturated heterocycles. The van der Waals surface area contributed by atoms with Gasteiger partial charge in [-0.3, -0.25) is 4.90 Å². The Labute approximate surface area is 127 Å². The van der Waals surface area contributed by atoms with Gasteiger partial charge in [0.05, 0.1) is 7.11 Å². The summed E-state index contributed by atoms with van der Waals surface area (Å²) in [5, 5.41) is 3.34. The Morgan fingerprint density at radius 2 is 1.89 bits per heavy atom. The molecule has 1 fully saturated rings. The van der Waals surface area contributed by atoms with Gasteiger partial charge in [0.2, 0.25) is 5.88 Å². The van der Waals surface area contributed by atoms with Crippen LogP contribution in [0.5, 0.6) is 5.88 Å². The molecule has 1 aromatic rings. The summed E-state index contributed by atoms with van der Waals surface area (Å²) in [6, 6.07) is 3.99. The first kappa shape index (κ1) is 20.1. The van der Waals surface area contributed by atoms with Gasteiger partial charge in [-0.05, 0) is 5.56 Å². The lowest BCUT2D eigenvalue weighted by molar-refractivity contribution is 0.233. The third kappa shape index (κ3) is 6.07. The maximum Gasteiger partial charge on any atom is 0.212 e. The highest BCUT2D eigenvalue weighted by Crippen LogP contribution is 2.09. The number of hydrogen-bond donors (Lipinski definition) is 1. The average Bonchev–Trinajstić information content (AvgIpc) is 2.31. The number of halogens is 3. The fraction of sp³-hybridized carbons (Fsp3) is 0.545. The zero-order chi connectivity index (χ0) is 10.5. The van der Waals surface area contributed by atoms with Crippen molar-refractivity contribution in [2.24, 2.45) is 0 Å². The number of aromatic nitrogens is 1. The fourth-order valence-electron chi connectivity index (χ4n) is 1.75. The van der Waals surface area contributed by atoms with E-state index in [1.807, 2.05) is 12.3 Å². The lowest BCUT2D eigenvalue weighted by atomic mass is 10.2. The molecule has 2 rings (SSSR count). The van der Waals surface area contributed by atoms with E-state index in [1.54, 1.807) is 7.11 Å². The summed E-state index contributed by atoms with van der Waals surface area (Å²) in [7, 11) is 1.64. The molecule has 106 valence electrons. The maximum absolute atomic E-state index is 5.02. The minimum Gasteiger partial charge on any atom is -0.481 e. The number of piperazine rings is 1. The number of nitrogens with zero attached hydrogens (tertiary/aromatic N) is 2. The van der Waals surface area contributed by atoms with Crippen LogP contribution >= 0.6 is 37.2 Å². The smallest absolute Gasteiger partial charge is 0.212 e. The van der Waals surface area contributed by atoms with Gasteiger partial charge in [0.15, 0.2) is 0 Å². The minimum absolute atomic E-state index is 0. The third-order valence-electron chi connectivity index (χ3n) is 2.62. The van der Waals surface area contributed by atoms with Gasteiger partial charge in [0, 0.05) is 45.0 Å². The summed E-state index contributed by atoms with van der Waals surface area (Å²) in [5.74, 6) is 0.680. The zero-order valence-corrected chi connectivity index (χ0v) is 12.7. The number of methoxy groups -OCH3 is 1. The van der Waals surface area contributed by atoms with Crippen molar-refractivity contribution in [3.63, 3.8) is 0 Å². The number of nitrogens with one attached hydrogen (secondary N) is 1. The molecule has 0 spiro atoms. The molecule has 0 amide bonds. The van der Waals surface area contributed by atoms with Crippen molar-refractivity contribution in [1.82, 2.24) is 15.2 Å². The topological polar surface area (TPSA) is 37.4 Å². The second-order valence-corrected chi connectivity index (χ2v) is 3.73. The molecule has 0 aliphatic carbocycles. The summed E-state index contributed by atoms with van der Waals surface area (Å²) < 4.78 is 5.02. The second kappa shape index (κ2) is 10.6. The van der Waals surface area contributed by atoms with Crippen LogP contribution in [0.4, 0.5) is 0 Å². The van der Waals surface area contributed by atoms with E-state index in [1.165, 1.54) is 5.56 Å². The van der Waals surface area contributed by atoms with Gasteiger partial charge in [0.1, 0.15) is 0 Å². The summed E-state index contributed by atoms with van der Waals surface area (Å²) in [6.07, 6.45) is 1.89. The Bertz CT molecular complexity index is 305. The van der Waals surface area contributed by atoms with Crippen LogP contribution in [0, 0.1) is 0 Å². The van der Waals surface area contributed by atoms with Crippen LogP contribution in [-0.4, -0.2) is 43.2 Å². The quantitative estimate of drug-likeness (QED) is 0.922. The molecule has 1 aliphatic rings. The molecule has 1 N–H and O–H groups in total. The Hall–Kier alpha value is -0.260. The average molecular weight is 317 g/mol. The summed E-state index contributed by atoms with van der Waals surface area (Å²) >= 11 is 0. The van der Waals surface area contributed by atoms with Crippen LogP contribution < -0.4 is 10.1 Å². The molecule has 1 aliphatic heterocycles. The van der Waals surface area contributed by atoms with E-state index in [9.17, 15) is 0 Å². The minimum atomic E-state index is 0. The van der Waals surface area contributed by atoms with Gasteiger partial charge < -0.3 is 10.1 Å². The molecule has 1 aromatic heterocycles. The van der Waals surface area contributed by atoms with E-state index in [4.69, 9.17) is 4.74 Å². The molecule has 0 bridgehead atoms. The Morgan fingerprint density at radius 3 is 2.39 bits per heavy atom. The number of pyridine rings is 1. The predicted molar refractivity (Wildman–Crippen MR) is 80.7 cm³/mol. The highest BCUT2D eigenvalue weighted by atomic mass is 35.5. The number of hydrogen-bond acceptors (Lipinski definition) is 4. The second-order valence-electron chi connectivity index (χ2n) is 3.73. The normalized spacial score (nSPS) is 14.7. The molecule has 0 unspecified atom stereocenters. The molecular formula is C11H20Cl3N3O. The highest BCUT2D eigenvalue weighted by molar-refractivity contribution is 5.86. The molecule has 0 radical (unpaired) electrons. The first-order valence-corrected chi connectivity index (χ1v) is 5.30. The largest absolute Gasteiger partial charge is 0.481 e. The van der Waals surface area contributed by atoms with E-state index >= 15 is 0 Å². The molecule has 18 heavy (non-hydrogen) atoms. The summed E-state index contributed by atoms with van der Waals surface area (Å²) in [5.41, 5.74) is 1.25. The molecule has 0 aromatic carbocycles. The lowest BCUT2D eigenvalue weighted by Crippen LogP contribution is -2.42. The van der Waals surface area contributed by atoms with Crippen LogP contribution in [0.25, 0.3) is 0 Å². The van der Waals surface area contributed by atoms with Crippen molar-refractivity contribution >= 4 is 37.2 Å². The molecule has 4 nitrogen and oxygen atoms in total. The van der Waals surface area contributed by atoms with Crippen LogP contribution in [0.1, 0.15) is 5.56 Å². The van der Waals surface area contributed by atoms with Gasteiger partial charge >= 0.3 is 0 Å². The lowest BCUT2D eigenvalue weighted by Gasteiger charge is -2.26. The van der Waals surface area contributed by atoms with Crippen LogP contribution in [0.3, 0.4) is 0 Å². The number of ether oxygens (including phenoxy) is 1. The van der Waals surface area contributed by atoms with Gasteiger partial charge in [-0.1, -0.05) is 6.07 Å². The van der Waals surface area contributed by atoms with Gasteiger partial charge in [-0.25, -0.2) is 4.98 Å². The Morgan fingerprint density at radius 1 is 1.22 bits per heavy atom. The molecule has 0 atom stereocenters. The van der Waals surface area contributed by atoms with Crippen molar-refractivity contribution < 1.29 is 4.74 Å². The molecule has 7 heteroatoms. The van der Waals surface area contributed by atoms with Crippen LogP contribution in [0.2, 0.25) is 0 Å². The van der Waals surface area contributed by atoms with E-state index in [0.717, 1.165) is 32.7 Å². The summed E-state index contributed by atoms with van der Waals surface area (Å²) in [4.78, 5) is 6.63.